The molecule has 0 radical (unpaired) electrons. The van der Waals surface area contributed by atoms with Gasteiger partial charge in [0.25, 0.3) is 5.56 Å². The molecule has 0 fully saturated rings. The number of carbonyl (C=O) groups is 1. The molecule has 0 bridgehead atoms. The number of hydrogen-bond acceptors (Lipinski definition) is 5. The van der Waals surface area contributed by atoms with Gasteiger partial charge in [0, 0.05) is 17.3 Å². The molecule has 8 heteroatoms. The minimum Gasteiger partial charge on any atom is -0.308 e. The van der Waals surface area contributed by atoms with Gasteiger partial charge in [-0.1, -0.05) is 53.8 Å². The molecule has 2 aromatic heterocycles. The van der Waals surface area contributed by atoms with Crippen molar-refractivity contribution < 1.29 is 4.79 Å². The van der Waals surface area contributed by atoms with Gasteiger partial charge in [-0.25, -0.2) is 14.5 Å². The van der Waals surface area contributed by atoms with Crippen molar-refractivity contribution in [2.45, 2.75) is 26.8 Å². The van der Waals surface area contributed by atoms with Crippen molar-refractivity contribution in [3.63, 3.8) is 0 Å². The Hall–Kier alpha value is -3.78. The van der Waals surface area contributed by atoms with Gasteiger partial charge in [-0.2, -0.15) is 5.10 Å². The van der Waals surface area contributed by atoms with Crippen molar-refractivity contribution in [1.29, 1.82) is 0 Å². The summed E-state index contributed by atoms with van der Waals surface area (Å²) in [5.41, 5.74) is 3.82. The predicted octanol–water partition coefficient (Wildman–Crippen LogP) is 5.57. The van der Waals surface area contributed by atoms with Crippen molar-refractivity contribution >= 4 is 28.2 Å². The molecule has 4 aromatic rings. The van der Waals surface area contributed by atoms with Gasteiger partial charge in [-0.3, -0.25) is 10.1 Å². The zero-order valence-corrected chi connectivity index (χ0v) is 18.8. The third kappa shape index (κ3) is 4.76. The number of aryl methyl sites for hydroxylation is 1. The Kier molecular flexibility index (Phi) is 6.13. The molecule has 2 heterocycles. The molecule has 7 nitrogen and oxygen atoms in total. The number of amides is 2. The average molecular weight is 446 g/mol. The highest BCUT2D eigenvalue weighted by molar-refractivity contribution is 7.19. The Morgan fingerprint density at radius 3 is 2.50 bits per heavy atom. The fraction of sp³-hybridized carbons (Fsp3) is 0.167. The number of urea groups is 1. The number of nitrogens with one attached hydrogen (secondary N) is 2. The molecule has 32 heavy (non-hydrogen) atoms. The quantitative estimate of drug-likeness (QED) is 0.420. The first kappa shape index (κ1) is 21.5. The van der Waals surface area contributed by atoms with E-state index in [1.165, 1.54) is 22.1 Å². The normalized spacial score (nSPS) is 10.9. The molecule has 2 aromatic carbocycles. The fourth-order valence-corrected chi connectivity index (χ4v) is 4.19. The molecule has 0 aliphatic heterocycles. The summed E-state index contributed by atoms with van der Waals surface area (Å²) in [4.78, 5) is 30.2. The number of carbonyl (C=O) groups excluding carboxylic acids is 1. The van der Waals surface area contributed by atoms with Crippen molar-refractivity contribution in [1.82, 2.24) is 14.8 Å². The molecular formula is C24H23N5O2S. The van der Waals surface area contributed by atoms with E-state index in [9.17, 15) is 9.59 Å². The van der Waals surface area contributed by atoms with Crippen LogP contribution in [-0.2, 0) is 0 Å². The van der Waals surface area contributed by atoms with Gasteiger partial charge in [-0.15, -0.1) is 0 Å². The van der Waals surface area contributed by atoms with Crippen LogP contribution in [0.15, 0.2) is 71.5 Å². The average Bonchev–Trinajstić information content (AvgIpc) is 3.18. The summed E-state index contributed by atoms with van der Waals surface area (Å²) in [6.07, 6.45) is 0. The van der Waals surface area contributed by atoms with Gasteiger partial charge in [0.05, 0.1) is 16.6 Å². The molecule has 0 saturated heterocycles. The SMILES string of the molecule is Cc1cccc(NC(=O)Nc2nc(-c3ccccc3)c(-c3ccc(=O)n(C(C)C)n3)s2)c1. The van der Waals surface area contributed by atoms with Crippen LogP contribution in [0.25, 0.3) is 21.8 Å². The second-order valence-electron chi connectivity index (χ2n) is 7.61. The molecule has 0 aliphatic rings. The zero-order chi connectivity index (χ0) is 22.7. The zero-order valence-electron chi connectivity index (χ0n) is 18.0. The lowest BCUT2D eigenvalue weighted by Crippen LogP contribution is -2.23. The second kappa shape index (κ2) is 9.15. The molecule has 4 rings (SSSR count). The summed E-state index contributed by atoms with van der Waals surface area (Å²) in [5, 5.41) is 10.6. The molecule has 0 spiro atoms. The summed E-state index contributed by atoms with van der Waals surface area (Å²) in [5.74, 6) is 0. The third-order valence-corrected chi connectivity index (χ3v) is 5.71. The van der Waals surface area contributed by atoms with E-state index < -0.39 is 0 Å². The summed E-state index contributed by atoms with van der Waals surface area (Å²) >= 11 is 1.31. The number of hydrogen-bond donors (Lipinski definition) is 2. The van der Waals surface area contributed by atoms with Gasteiger partial charge in [-0.05, 0) is 44.5 Å². The van der Waals surface area contributed by atoms with Crippen molar-refractivity contribution in [2.75, 3.05) is 10.6 Å². The molecule has 0 unspecified atom stereocenters. The Morgan fingerprint density at radius 1 is 1.00 bits per heavy atom. The first-order valence-electron chi connectivity index (χ1n) is 10.2. The van der Waals surface area contributed by atoms with Crippen molar-refractivity contribution in [3.05, 3.63) is 82.6 Å². The van der Waals surface area contributed by atoms with Gasteiger partial charge in [0.2, 0.25) is 0 Å². The van der Waals surface area contributed by atoms with E-state index in [0.717, 1.165) is 16.0 Å². The molecule has 0 saturated carbocycles. The number of anilines is 2. The van der Waals surface area contributed by atoms with Crippen LogP contribution in [0, 0.1) is 6.92 Å². The number of rotatable bonds is 5. The Labute approximate surface area is 189 Å². The number of aromatic nitrogens is 3. The van der Waals surface area contributed by atoms with E-state index in [-0.39, 0.29) is 17.6 Å². The van der Waals surface area contributed by atoms with Gasteiger partial charge in [0.15, 0.2) is 5.13 Å². The van der Waals surface area contributed by atoms with E-state index in [2.05, 4.69) is 20.7 Å². The summed E-state index contributed by atoms with van der Waals surface area (Å²) in [6.45, 7) is 5.78. The lowest BCUT2D eigenvalue weighted by atomic mass is 10.1. The van der Waals surface area contributed by atoms with E-state index in [1.807, 2.05) is 75.4 Å². The van der Waals surface area contributed by atoms with Crippen LogP contribution in [0.3, 0.4) is 0 Å². The highest BCUT2D eigenvalue weighted by Gasteiger charge is 2.19. The maximum Gasteiger partial charge on any atom is 0.325 e. The predicted molar refractivity (Wildman–Crippen MR) is 129 cm³/mol. The van der Waals surface area contributed by atoms with E-state index in [0.29, 0.717) is 22.2 Å². The van der Waals surface area contributed by atoms with Crippen LogP contribution >= 0.6 is 11.3 Å². The summed E-state index contributed by atoms with van der Waals surface area (Å²) < 4.78 is 1.45. The maximum absolute atomic E-state index is 12.6. The fourth-order valence-electron chi connectivity index (χ4n) is 3.24. The molecular weight excluding hydrogens is 422 g/mol. The Bertz CT molecular complexity index is 1310. The maximum atomic E-state index is 12.6. The number of nitrogens with zero attached hydrogens (tertiary/aromatic N) is 3. The van der Waals surface area contributed by atoms with Gasteiger partial charge < -0.3 is 5.32 Å². The monoisotopic (exact) mass is 445 g/mol. The Balaban J connectivity index is 1.70. The van der Waals surface area contributed by atoms with Crippen LogP contribution in [0.2, 0.25) is 0 Å². The van der Waals surface area contributed by atoms with E-state index in [1.54, 1.807) is 6.07 Å². The third-order valence-electron chi connectivity index (χ3n) is 4.72. The number of benzene rings is 2. The summed E-state index contributed by atoms with van der Waals surface area (Å²) in [6, 6.07) is 20.0. The van der Waals surface area contributed by atoms with E-state index in [4.69, 9.17) is 0 Å². The van der Waals surface area contributed by atoms with Crippen LogP contribution in [0.1, 0.15) is 25.5 Å². The highest BCUT2D eigenvalue weighted by Crippen LogP contribution is 2.38. The second-order valence-corrected chi connectivity index (χ2v) is 8.61. The van der Waals surface area contributed by atoms with Gasteiger partial charge in [0.1, 0.15) is 5.69 Å². The highest BCUT2D eigenvalue weighted by atomic mass is 32.1. The lowest BCUT2D eigenvalue weighted by Gasteiger charge is -2.09. The van der Waals surface area contributed by atoms with Crippen molar-refractivity contribution in [3.8, 4) is 21.8 Å². The molecule has 162 valence electrons. The topological polar surface area (TPSA) is 88.9 Å². The lowest BCUT2D eigenvalue weighted by molar-refractivity contribution is 0.262. The van der Waals surface area contributed by atoms with Crippen LogP contribution < -0.4 is 16.2 Å². The standard InChI is InChI=1S/C24H23N5O2S/c1-15(2)29-20(30)13-12-19(28-29)22-21(17-9-5-4-6-10-17)26-24(32-22)27-23(31)25-18-11-7-8-16(3)14-18/h4-15H,1-3H3,(H2,25,26,27,31). The molecule has 0 atom stereocenters. The van der Waals surface area contributed by atoms with Crippen LogP contribution in [0.5, 0.6) is 0 Å². The molecule has 2 N–H and O–H groups in total. The van der Waals surface area contributed by atoms with Gasteiger partial charge >= 0.3 is 6.03 Å². The van der Waals surface area contributed by atoms with Crippen LogP contribution in [-0.4, -0.2) is 20.8 Å². The minimum atomic E-state index is -0.379. The smallest absolute Gasteiger partial charge is 0.308 e. The first-order chi connectivity index (χ1) is 15.4. The van der Waals surface area contributed by atoms with E-state index >= 15 is 0 Å². The summed E-state index contributed by atoms with van der Waals surface area (Å²) in [7, 11) is 0. The first-order valence-corrected chi connectivity index (χ1v) is 11.0. The molecule has 2 amide bonds. The minimum absolute atomic E-state index is 0.0757. The van der Waals surface area contributed by atoms with Crippen molar-refractivity contribution in [2.24, 2.45) is 0 Å². The number of thiazole rings is 1. The Morgan fingerprint density at radius 2 is 1.78 bits per heavy atom. The van der Waals surface area contributed by atoms with Crippen LogP contribution in [0.4, 0.5) is 15.6 Å². The largest absolute Gasteiger partial charge is 0.325 e. The molecule has 0 aliphatic carbocycles.